The molecule has 0 spiro atoms. The third-order valence-electron chi connectivity index (χ3n) is 4.80. The zero-order valence-electron chi connectivity index (χ0n) is 17.4. The third kappa shape index (κ3) is 4.90. The van der Waals surface area contributed by atoms with Crippen LogP contribution in [0.3, 0.4) is 0 Å². The topological polar surface area (TPSA) is 91.4 Å². The summed E-state index contributed by atoms with van der Waals surface area (Å²) in [6.45, 7) is 8.26. The number of hydrogen-bond donors (Lipinski definition) is 1. The highest BCUT2D eigenvalue weighted by molar-refractivity contribution is 6.06. The molecule has 1 aromatic carbocycles. The molecule has 0 saturated carbocycles. The first kappa shape index (κ1) is 20.8. The van der Waals surface area contributed by atoms with Crippen LogP contribution in [0, 0.1) is 0 Å². The molecule has 2 aliphatic rings. The largest absolute Gasteiger partial charge is 0.495 e. The lowest BCUT2D eigenvalue weighted by molar-refractivity contribution is -0.120. The summed E-state index contributed by atoms with van der Waals surface area (Å²) < 4.78 is 10.9. The van der Waals surface area contributed by atoms with Gasteiger partial charge in [0.2, 0.25) is 5.91 Å². The molecule has 4 amide bonds. The smallest absolute Gasteiger partial charge is 0.410 e. The summed E-state index contributed by atoms with van der Waals surface area (Å²) in [4.78, 5) is 41.3. The highest BCUT2D eigenvalue weighted by Gasteiger charge is 2.29. The number of amides is 4. The van der Waals surface area contributed by atoms with E-state index < -0.39 is 11.6 Å². The predicted octanol–water partition coefficient (Wildman–Crippen LogP) is 2.20. The van der Waals surface area contributed by atoms with E-state index in [0.717, 1.165) is 5.69 Å². The van der Waals surface area contributed by atoms with Gasteiger partial charge in [0.25, 0.3) is 0 Å². The van der Waals surface area contributed by atoms with E-state index in [0.29, 0.717) is 44.2 Å². The molecule has 1 N–H and O–H groups in total. The fourth-order valence-electron chi connectivity index (χ4n) is 3.35. The summed E-state index contributed by atoms with van der Waals surface area (Å²) in [5, 5.41) is 2.34. The number of benzene rings is 1. The number of ether oxygens (including phenoxy) is 2. The van der Waals surface area contributed by atoms with Crippen molar-refractivity contribution in [3.05, 3.63) is 18.2 Å². The lowest BCUT2D eigenvalue weighted by Gasteiger charge is -2.37. The molecule has 158 valence electrons. The van der Waals surface area contributed by atoms with E-state index in [9.17, 15) is 14.4 Å². The van der Waals surface area contributed by atoms with Gasteiger partial charge < -0.3 is 19.3 Å². The zero-order chi connectivity index (χ0) is 21.2. The average molecular weight is 404 g/mol. The van der Waals surface area contributed by atoms with Crippen LogP contribution in [0.15, 0.2) is 18.2 Å². The molecule has 1 aromatic rings. The Morgan fingerprint density at radius 3 is 2.34 bits per heavy atom. The average Bonchev–Trinajstić information content (AvgIpc) is 2.66. The lowest BCUT2D eigenvalue weighted by Crippen LogP contribution is -2.50. The minimum absolute atomic E-state index is 0.244. The van der Waals surface area contributed by atoms with Crippen LogP contribution in [-0.4, -0.2) is 68.4 Å². The summed E-state index contributed by atoms with van der Waals surface area (Å²) in [7, 11) is 1.55. The van der Waals surface area contributed by atoms with Gasteiger partial charge in [0.1, 0.15) is 11.4 Å². The number of urea groups is 1. The molecule has 9 nitrogen and oxygen atoms in total. The summed E-state index contributed by atoms with van der Waals surface area (Å²) >= 11 is 0. The number of rotatable bonds is 3. The molecule has 2 heterocycles. The van der Waals surface area contributed by atoms with Crippen molar-refractivity contribution in [3.63, 3.8) is 0 Å². The number of piperazine rings is 1. The number of anilines is 2. The zero-order valence-corrected chi connectivity index (χ0v) is 17.4. The van der Waals surface area contributed by atoms with Gasteiger partial charge in [-0.15, -0.1) is 0 Å². The summed E-state index contributed by atoms with van der Waals surface area (Å²) in [6.07, 6.45) is -0.0598. The molecule has 2 saturated heterocycles. The highest BCUT2D eigenvalue weighted by atomic mass is 16.6. The molecule has 0 unspecified atom stereocenters. The predicted molar refractivity (Wildman–Crippen MR) is 109 cm³/mol. The second-order valence-electron chi connectivity index (χ2n) is 8.07. The maximum absolute atomic E-state index is 12.3. The van der Waals surface area contributed by atoms with E-state index in [1.165, 1.54) is 4.90 Å². The first-order valence-electron chi connectivity index (χ1n) is 9.70. The molecular formula is C20H28N4O5. The Hall–Kier alpha value is -2.97. The molecule has 0 radical (unpaired) electrons. The molecule has 2 fully saturated rings. The molecule has 9 heteroatoms. The Kier molecular flexibility index (Phi) is 5.86. The second-order valence-corrected chi connectivity index (χ2v) is 8.07. The summed E-state index contributed by atoms with van der Waals surface area (Å²) in [5.74, 6) is 0.283. The number of methoxy groups -OCH3 is 1. The minimum Gasteiger partial charge on any atom is -0.495 e. The summed E-state index contributed by atoms with van der Waals surface area (Å²) in [6, 6.07) is 5.18. The maximum Gasteiger partial charge on any atom is 0.410 e. The van der Waals surface area contributed by atoms with Crippen molar-refractivity contribution in [2.24, 2.45) is 0 Å². The van der Waals surface area contributed by atoms with Crippen LogP contribution in [0.5, 0.6) is 5.75 Å². The Morgan fingerprint density at radius 1 is 1.07 bits per heavy atom. The number of carbonyl (C=O) groups excluding carboxylic acids is 3. The van der Waals surface area contributed by atoms with Gasteiger partial charge in [-0.3, -0.25) is 15.0 Å². The summed E-state index contributed by atoms with van der Waals surface area (Å²) in [5.41, 5.74) is 1.02. The fourth-order valence-corrected chi connectivity index (χ4v) is 3.35. The molecule has 29 heavy (non-hydrogen) atoms. The first-order chi connectivity index (χ1) is 13.7. The van der Waals surface area contributed by atoms with Crippen LogP contribution in [0.1, 0.15) is 27.2 Å². The number of nitrogens with one attached hydrogen (secondary N) is 1. The van der Waals surface area contributed by atoms with E-state index >= 15 is 0 Å². The normalized spacial score (nSPS) is 17.9. The van der Waals surface area contributed by atoms with Gasteiger partial charge in [-0.05, 0) is 39.0 Å². The van der Waals surface area contributed by atoms with Crippen LogP contribution in [0.4, 0.5) is 21.0 Å². The minimum atomic E-state index is -0.518. The Bertz CT molecular complexity index is 797. The molecule has 0 atom stereocenters. The van der Waals surface area contributed by atoms with E-state index in [4.69, 9.17) is 9.47 Å². The van der Waals surface area contributed by atoms with Crippen molar-refractivity contribution >= 4 is 29.4 Å². The lowest BCUT2D eigenvalue weighted by atomic mass is 10.1. The van der Waals surface area contributed by atoms with Crippen LogP contribution in [-0.2, 0) is 9.53 Å². The van der Waals surface area contributed by atoms with Crippen LogP contribution in [0.2, 0.25) is 0 Å². The second kappa shape index (κ2) is 8.18. The van der Waals surface area contributed by atoms with Gasteiger partial charge in [0, 0.05) is 44.8 Å². The number of imide groups is 1. The van der Waals surface area contributed by atoms with Gasteiger partial charge in [0.15, 0.2) is 0 Å². The standard InChI is InChI=1S/C20H28N4O5/c1-20(2,3)29-19(27)23-11-9-22(10-12-23)14-5-6-16(28-4)15(13-14)24-8-7-17(25)21-18(24)26/h5-6,13H,7-12H2,1-4H3,(H,21,25,26). The monoisotopic (exact) mass is 404 g/mol. The Morgan fingerprint density at radius 2 is 1.76 bits per heavy atom. The van der Waals surface area contributed by atoms with E-state index in [-0.39, 0.29) is 18.4 Å². The first-order valence-corrected chi connectivity index (χ1v) is 9.70. The third-order valence-corrected chi connectivity index (χ3v) is 4.80. The quantitative estimate of drug-likeness (QED) is 0.831. The molecular weight excluding hydrogens is 376 g/mol. The Balaban J connectivity index is 1.71. The Labute approximate surface area is 170 Å². The van der Waals surface area contributed by atoms with Crippen LogP contribution in [0.25, 0.3) is 0 Å². The van der Waals surface area contributed by atoms with Gasteiger partial charge in [-0.1, -0.05) is 0 Å². The van der Waals surface area contributed by atoms with Crippen molar-refractivity contribution in [1.82, 2.24) is 10.2 Å². The SMILES string of the molecule is COc1ccc(N2CCN(C(=O)OC(C)(C)C)CC2)cc1N1CCC(=O)NC1=O. The van der Waals surface area contributed by atoms with Crippen molar-refractivity contribution in [2.75, 3.05) is 49.6 Å². The highest BCUT2D eigenvalue weighted by Crippen LogP contribution is 2.34. The van der Waals surface area contributed by atoms with Gasteiger partial charge in [-0.25, -0.2) is 9.59 Å². The molecule has 0 aliphatic carbocycles. The molecule has 0 aromatic heterocycles. The number of nitrogens with zero attached hydrogens (tertiary/aromatic N) is 3. The van der Waals surface area contributed by atoms with Crippen molar-refractivity contribution in [3.8, 4) is 5.75 Å². The van der Waals surface area contributed by atoms with Crippen molar-refractivity contribution < 1.29 is 23.9 Å². The number of hydrogen-bond acceptors (Lipinski definition) is 6. The van der Waals surface area contributed by atoms with Gasteiger partial charge in [0.05, 0.1) is 12.8 Å². The van der Waals surface area contributed by atoms with Crippen molar-refractivity contribution in [1.29, 1.82) is 0 Å². The maximum atomic E-state index is 12.3. The van der Waals surface area contributed by atoms with E-state index in [1.807, 2.05) is 39.0 Å². The van der Waals surface area contributed by atoms with E-state index in [2.05, 4.69) is 10.2 Å². The van der Waals surface area contributed by atoms with Crippen molar-refractivity contribution in [2.45, 2.75) is 32.8 Å². The number of carbonyl (C=O) groups is 3. The van der Waals surface area contributed by atoms with Gasteiger partial charge >= 0.3 is 12.1 Å². The molecule has 0 bridgehead atoms. The van der Waals surface area contributed by atoms with Crippen LogP contribution >= 0.6 is 0 Å². The van der Waals surface area contributed by atoms with E-state index in [1.54, 1.807) is 12.0 Å². The fraction of sp³-hybridized carbons (Fsp3) is 0.550. The molecule has 3 rings (SSSR count). The molecule has 2 aliphatic heterocycles. The van der Waals surface area contributed by atoms with Crippen LogP contribution < -0.4 is 19.9 Å². The van der Waals surface area contributed by atoms with Gasteiger partial charge in [-0.2, -0.15) is 0 Å².